The molecule has 0 aliphatic rings. The summed E-state index contributed by atoms with van der Waals surface area (Å²) < 4.78 is 0. The van der Waals surface area contributed by atoms with Crippen molar-refractivity contribution in [2.45, 2.75) is 6.42 Å². The van der Waals surface area contributed by atoms with E-state index in [9.17, 15) is 9.90 Å². The molecular formula is C20H17NO2. The second-order valence-electron chi connectivity index (χ2n) is 5.39. The SMILES string of the molecule is O=C(CN=Cc1c(O)ccc2ccccc12)Cc1ccccc1. The van der Waals surface area contributed by atoms with E-state index in [4.69, 9.17) is 0 Å². The van der Waals surface area contributed by atoms with Gasteiger partial charge >= 0.3 is 0 Å². The zero-order valence-corrected chi connectivity index (χ0v) is 12.6. The molecule has 0 spiro atoms. The molecule has 0 fully saturated rings. The maximum absolute atomic E-state index is 12.0. The first-order valence-corrected chi connectivity index (χ1v) is 7.50. The monoisotopic (exact) mass is 303 g/mol. The molecule has 0 aromatic heterocycles. The van der Waals surface area contributed by atoms with Crippen LogP contribution in [-0.2, 0) is 11.2 Å². The normalized spacial score (nSPS) is 11.1. The number of Topliss-reactive ketones (excluding diaryl/α,β-unsaturated/α-hetero) is 1. The van der Waals surface area contributed by atoms with Crippen LogP contribution in [0.2, 0.25) is 0 Å². The number of hydrogen-bond donors (Lipinski definition) is 1. The van der Waals surface area contributed by atoms with Crippen LogP contribution in [0, 0.1) is 0 Å². The Balaban J connectivity index is 1.73. The van der Waals surface area contributed by atoms with Gasteiger partial charge in [0.15, 0.2) is 5.78 Å². The minimum absolute atomic E-state index is 0.0483. The van der Waals surface area contributed by atoms with Gasteiger partial charge in [0.05, 0.1) is 6.54 Å². The minimum Gasteiger partial charge on any atom is -0.507 e. The lowest BCUT2D eigenvalue weighted by molar-refractivity contribution is -0.117. The molecule has 3 nitrogen and oxygen atoms in total. The Labute approximate surface area is 134 Å². The average Bonchev–Trinajstić information content (AvgIpc) is 2.58. The number of rotatable bonds is 5. The first-order chi connectivity index (χ1) is 11.2. The molecule has 0 saturated carbocycles. The van der Waals surface area contributed by atoms with Crippen molar-refractivity contribution in [3.8, 4) is 5.75 Å². The molecule has 23 heavy (non-hydrogen) atoms. The van der Waals surface area contributed by atoms with Crippen molar-refractivity contribution in [2.24, 2.45) is 4.99 Å². The van der Waals surface area contributed by atoms with Crippen molar-refractivity contribution >= 4 is 22.8 Å². The van der Waals surface area contributed by atoms with E-state index in [1.165, 1.54) is 0 Å². The molecule has 3 rings (SSSR count). The van der Waals surface area contributed by atoms with Crippen LogP contribution in [0.25, 0.3) is 10.8 Å². The molecule has 0 aliphatic carbocycles. The van der Waals surface area contributed by atoms with Gasteiger partial charge in [0.25, 0.3) is 0 Å². The number of fused-ring (bicyclic) bond motifs is 1. The summed E-state index contributed by atoms with van der Waals surface area (Å²) in [6.07, 6.45) is 1.96. The van der Waals surface area contributed by atoms with Crippen molar-refractivity contribution in [1.29, 1.82) is 0 Å². The van der Waals surface area contributed by atoms with Crippen LogP contribution >= 0.6 is 0 Å². The summed E-state index contributed by atoms with van der Waals surface area (Å²) in [7, 11) is 0. The van der Waals surface area contributed by atoms with Crippen LogP contribution in [0.1, 0.15) is 11.1 Å². The summed E-state index contributed by atoms with van der Waals surface area (Å²) in [5, 5.41) is 12.0. The zero-order chi connectivity index (χ0) is 16.1. The molecule has 114 valence electrons. The molecule has 3 aromatic rings. The predicted molar refractivity (Wildman–Crippen MR) is 93.2 cm³/mol. The van der Waals surface area contributed by atoms with E-state index in [-0.39, 0.29) is 18.1 Å². The summed E-state index contributed by atoms with van der Waals surface area (Å²) in [5.74, 6) is 0.218. The van der Waals surface area contributed by atoms with Crippen LogP contribution in [0.15, 0.2) is 71.7 Å². The summed E-state index contributed by atoms with van der Waals surface area (Å²) >= 11 is 0. The van der Waals surface area contributed by atoms with E-state index in [1.807, 2.05) is 60.7 Å². The van der Waals surface area contributed by atoms with Crippen molar-refractivity contribution in [3.63, 3.8) is 0 Å². The molecule has 1 N–H and O–H groups in total. The molecule has 0 unspecified atom stereocenters. The first-order valence-electron chi connectivity index (χ1n) is 7.50. The second-order valence-corrected chi connectivity index (χ2v) is 5.39. The topological polar surface area (TPSA) is 49.7 Å². The number of benzene rings is 3. The highest BCUT2D eigenvalue weighted by Gasteiger charge is 2.05. The van der Waals surface area contributed by atoms with E-state index >= 15 is 0 Å². The van der Waals surface area contributed by atoms with Gasteiger partial charge in [0.1, 0.15) is 5.75 Å². The standard InChI is InChI=1S/C20H17NO2/c22-17(12-15-6-2-1-3-7-15)13-21-14-19-18-9-5-4-8-16(18)10-11-20(19)23/h1-11,14,23H,12-13H2. The number of phenols is 1. The largest absolute Gasteiger partial charge is 0.507 e. The molecule has 0 saturated heterocycles. The predicted octanol–water partition coefficient (Wildman–Crippen LogP) is 3.78. The van der Waals surface area contributed by atoms with Crippen LogP contribution < -0.4 is 0 Å². The van der Waals surface area contributed by atoms with E-state index in [1.54, 1.807) is 12.3 Å². The maximum Gasteiger partial charge on any atom is 0.158 e. The van der Waals surface area contributed by atoms with Gasteiger partial charge in [-0.05, 0) is 22.4 Å². The fourth-order valence-electron chi connectivity index (χ4n) is 2.54. The highest BCUT2D eigenvalue weighted by Crippen LogP contribution is 2.25. The number of nitrogens with zero attached hydrogens (tertiary/aromatic N) is 1. The summed E-state index contributed by atoms with van der Waals surface area (Å²) in [4.78, 5) is 16.2. The molecule has 0 atom stereocenters. The summed E-state index contributed by atoms with van der Waals surface area (Å²) in [6.45, 7) is 0.109. The maximum atomic E-state index is 12.0. The minimum atomic E-state index is 0.0483. The highest BCUT2D eigenvalue weighted by atomic mass is 16.3. The fraction of sp³-hybridized carbons (Fsp3) is 0.100. The lowest BCUT2D eigenvalue weighted by Gasteiger charge is -2.04. The Morgan fingerprint density at radius 1 is 0.957 bits per heavy atom. The van der Waals surface area contributed by atoms with Crippen molar-refractivity contribution < 1.29 is 9.90 Å². The molecule has 0 amide bonds. The third kappa shape index (κ3) is 3.64. The van der Waals surface area contributed by atoms with Crippen molar-refractivity contribution in [3.05, 3.63) is 77.9 Å². The zero-order valence-electron chi connectivity index (χ0n) is 12.6. The fourth-order valence-corrected chi connectivity index (χ4v) is 2.54. The Morgan fingerprint density at radius 2 is 1.70 bits per heavy atom. The molecule has 3 heteroatoms. The summed E-state index contributed by atoms with van der Waals surface area (Å²) in [6, 6.07) is 20.9. The van der Waals surface area contributed by atoms with Crippen LogP contribution in [0.5, 0.6) is 5.75 Å². The quantitative estimate of drug-likeness (QED) is 0.729. The Morgan fingerprint density at radius 3 is 2.52 bits per heavy atom. The van der Waals surface area contributed by atoms with Crippen molar-refractivity contribution in [1.82, 2.24) is 0 Å². The first kappa shape index (κ1) is 15.0. The second kappa shape index (κ2) is 6.88. The van der Waals surface area contributed by atoms with Crippen LogP contribution in [-0.4, -0.2) is 23.6 Å². The van der Waals surface area contributed by atoms with Gasteiger partial charge < -0.3 is 5.11 Å². The lowest BCUT2D eigenvalue weighted by Crippen LogP contribution is -2.06. The van der Waals surface area contributed by atoms with Crippen molar-refractivity contribution in [2.75, 3.05) is 6.54 Å². The van der Waals surface area contributed by atoms with E-state index < -0.39 is 0 Å². The smallest absolute Gasteiger partial charge is 0.158 e. The summed E-state index contributed by atoms with van der Waals surface area (Å²) in [5.41, 5.74) is 1.64. The van der Waals surface area contributed by atoms with Gasteiger partial charge in [-0.3, -0.25) is 9.79 Å². The Hall–Kier alpha value is -2.94. The van der Waals surface area contributed by atoms with E-state index in [2.05, 4.69) is 4.99 Å². The number of phenolic OH excluding ortho intramolecular Hbond substituents is 1. The van der Waals surface area contributed by atoms with Crippen LogP contribution in [0.4, 0.5) is 0 Å². The number of aromatic hydroxyl groups is 1. The lowest BCUT2D eigenvalue weighted by atomic mass is 10.0. The molecular weight excluding hydrogens is 286 g/mol. The van der Waals surface area contributed by atoms with Gasteiger partial charge in [-0.2, -0.15) is 0 Å². The van der Waals surface area contributed by atoms with Gasteiger partial charge in [-0.25, -0.2) is 0 Å². The highest BCUT2D eigenvalue weighted by molar-refractivity contribution is 6.02. The molecule has 0 radical (unpaired) electrons. The van der Waals surface area contributed by atoms with E-state index in [0.717, 1.165) is 16.3 Å². The van der Waals surface area contributed by atoms with Gasteiger partial charge in [0, 0.05) is 18.2 Å². The number of aliphatic imine (C=N–C) groups is 1. The Kier molecular flexibility index (Phi) is 4.48. The Bertz CT molecular complexity index is 854. The van der Waals surface area contributed by atoms with E-state index in [0.29, 0.717) is 12.0 Å². The van der Waals surface area contributed by atoms with Crippen LogP contribution in [0.3, 0.4) is 0 Å². The number of carbonyl (C=O) groups excluding carboxylic acids is 1. The molecule has 3 aromatic carbocycles. The van der Waals surface area contributed by atoms with Gasteiger partial charge in [-0.1, -0.05) is 60.7 Å². The number of ketones is 1. The van der Waals surface area contributed by atoms with Gasteiger partial charge in [0.2, 0.25) is 0 Å². The van der Waals surface area contributed by atoms with Gasteiger partial charge in [-0.15, -0.1) is 0 Å². The third-order valence-electron chi connectivity index (χ3n) is 3.68. The number of hydrogen-bond acceptors (Lipinski definition) is 3. The average molecular weight is 303 g/mol. The molecule has 0 aliphatic heterocycles. The molecule has 0 bridgehead atoms. The number of carbonyl (C=O) groups is 1. The third-order valence-corrected chi connectivity index (χ3v) is 3.68. The molecule has 0 heterocycles.